The first-order valence-electron chi connectivity index (χ1n) is 6.08. The molecule has 3 rings (SSSR count). The van der Waals surface area contributed by atoms with Crippen molar-refractivity contribution in [2.75, 3.05) is 7.11 Å². The van der Waals surface area contributed by atoms with Gasteiger partial charge in [-0.25, -0.2) is 0 Å². The summed E-state index contributed by atoms with van der Waals surface area (Å²) in [7, 11) is 1.58. The first-order valence-corrected chi connectivity index (χ1v) is 6.88. The predicted molar refractivity (Wildman–Crippen MR) is 76.7 cm³/mol. The summed E-state index contributed by atoms with van der Waals surface area (Å²) in [5, 5.41) is 11.5. The van der Waals surface area contributed by atoms with E-state index in [0.29, 0.717) is 18.6 Å². The number of fused-ring (bicyclic) bond motifs is 1. The van der Waals surface area contributed by atoms with Crippen molar-refractivity contribution in [3.8, 4) is 5.75 Å². The van der Waals surface area contributed by atoms with Gasteiger partial charge in [-0.3, -0.25) is 4.79 Å². The lowest BCUT2D eigenvalue weighted by atomic mass is 9.90. The van der Waals surface area contributed by atoms with Gasteiger partial charge in [0.25, 0.3) is 0 Å². The number of ether oxygens (including phenoxy) is 1. The van der Waals surface area contributed by atoms with E-state index in [1.54, 1.807) is 7.11 Å². The van der Waals surface area contributed by atoms with Crippen LogP contribution in [0, 0.1) is 0 Å². The molecule has 0 radical (unpaired) electrons. The van der Waals surface area contributed by atoms with Crippen LogP contribution in [0.4, 0.5) is 0 Å². The van der Waals surface area contributed by atoms with Gasteiger partial charge in [-0.15, -0.1) is 0 Å². The van der Waals surface area contributed by atoms with Crippen molar-refractivity contribution in [1.29, 1.82) is 0 Å². The van der Waals surface area contributed by atoms with Crippen LogP contribution in [-0.2, 0) is 10.2 Å². The number of hydrogen-bond acceptors (Lipinski definition) is 2. The monoisotopic (exact) mass is 320 g/mol. The zero-order valence-corrected chi connectivity index (χ0v) is 12.0. The molecule has 0 saturated heterocycles. The van der Waals surface area contributed by atoms with Gasteiger partial charge in [-0.2, -0.15) is 0 Å². The molecule has 0 aromatic heterocycles. The molecule has 1 aliphatic carbocycles. The Kier molecular flexibility index (Phi) is 2.78. The molecule has 0 amide bonds. The summed E-state index contributed by atoms with van der Waals surface area (Å²) in [5.41, 5.74) is 0.0473. The second-order valence-corrected chi connectivity index (χ2v) is 5.81. The van der Waals surface area contributed by atoms with Gasteiger partial charge in [-0.1, -0.05) is 28.1 Å². The van der Waals surface area contributed by atoms with E-state index in [-0.39, 0.29) is 0 Å². The smallest absolute Gasteiger partial charge is 0.314 e. The van der Waals surface area contributed by atoms with Crippen LogP contribution in [0.5, 0.6) is 5.75 Å². The van der Waals surface area contributed by atoms with E-state index in [9.17, 15) is 9.90 Å². The highest BCUT2D eigenvalue weighted by Gasteiger charge is 2.54. The summed E-state index contributed by atoms with van der Waals surface area (Å²) in [6.45, 7) is 0. The lowest BCUT2D eigenvalue weighted by Gasteiger charge is -2.17. The van der Waals surface area contributed by atoms with E-state index in [4.69, 9.17) is 4.74 Å². The zero-order chi connectivity index (χ0) is 13.6. The van der Waals surface area contributed by atoms with Crippen molar-refractivity contribution < 1.29 is 14.6 Å². The fraction of sp³-hybridized carbons (Fsp3) is 0.267. The Balaban J connectivity index is 2.34. The van der Waals surface area contributed by atoms with Gasteiger partial charge in [0.05, 0.1) is 12.5 Å². The summed E-state index contributed by atoms with van der Waals surface area (Å²) < 4.78 is 6.37. The van der Waals surface area contributed by atoms with Gasteiger partial charge < -0.3 is 9.84 Å². The van der Waals surface area contributed by atoms with Crippen LogP contribution in [0.2, 0.25) is 0 Å². The molecule has 0 spiro atoms. The SMILES string of the molecule is COc1ccc2cc(Br)ccc2c1C1(C(=O)O)CC1. The number of carbonyl (C=O) groups is 1. The van der Waals surface area contributed by atoms with Crippen LogP contribution in [0.1, 0.15) is 18.4 Å². The van der Waals surface area contributed by atoms with Crippen LogP contribution in [0.25, 0.3) is 10.8 Å². The molecule has 2 aromatic rings. The third kappa shape index (κ3) is 1.82. The molecule has 0 aliphatic heterocycles. The number of carboxylic acids is 1. The topological polar surface area (TPSA) is 46.5 Å². The minimum absolute atomic E-state index is 0.662. The van der Waals surface area contributed by atoms with E-state index < -0.39 is 11.4 Å². The Morgan fingerprint density at radius 2 is 2.05 bits per heavy atom. The molecule has 98 valence electrons. The van der Waals surface area contributed by atoms with Crippen molar-refractivity contribution in [2.45, 2.75) is 18.3 Å². The molecule has 0 unspecified atom stereocenters. The van der Waals surface area contributed by atoms with Crippen molar-refractivity contribution in [1.82, 2.24) is 0 Å². The molecule has 0 heterocycles. The van der Waals surface area contributed by atoms with Crippen LogP contribution < -0.4 is 4.74 Å². The number of rotatable bonds is 3. The Bertz CT molecular complexity index is 674. The summed E-state index contributed by atoms with van der Waals surface area (Å²) >= 11 is 3.44. The van der Waals surface area contributed by atoms with Crippen LogP contribution >= 0.6 is 15.9 Å². The molecule has 1 saturated carbocycles. The number of hydrogen-bond donors (Lipinski definition) is 1. The van der Waals surface area contributed by atoms with Crippen LogP contribution in [0.15, 0.2) is 34.8 Å². The maximum atomic E-state index is 11.6. The molecule has 4 heteroatoms. The van der Waals surface area contributed by atoms with Crippen molar-refractivity contribution in [2.24, 2.45) is 0 Å². The van der Waals surface area contributed by atoms with Crippen LogP contribution in [0.3, 0.4) is 0 Å². The number of halogens is 1. The van der Waals surface area contributed by atoms with E-state index in [0.717, 1.165) is 20.8 Å². The van der Waals surface area contributed by atoms with Gasteiger partial charge in [0.15, 0.2) is 0 Å². The van der Waals surface area contributed by atoms with Gasteiger partial charge >= 0.3 is 5.97 Å². The summed E-state index contributed by atoms with van der Waals surface area (Å²) in [4.78, 5) is 11.6. The molecule has 1 aliphatic rings. The van der Waals surface area contributed by atoms with E-state index in [1.165, 1.54) is 0 Å². The van der Waals surface area contributed by atoms with Crippen molar-refractivity contribution in [3.05, 3.63) is 40.4 Å². The van der Waals surface area contributed by atoms with Crippen molar-refractivity contribution >= 4 is 32.7 Å². The maximum absolute atomic E-state index is 11.6. The zero-order valence-electron chi connectivity index (χ0n) is 10.4. The molecule has 19 heavy (non-hydrogen) atoms. The third-order valence-electron chi connectivity index (χ3n) is 3.80. The second-order valence-electron chi connectivity index (χ2n) is 4.90. The number of carboxylic acid groups (broad SMARTS) is 1. The lowest BCUT2D eigenvalue weighted by molar-refractivity contribution is -0.140. The van der Waals surface area contributed by atoms with Crippen LogP contribution in [-0.4, -0.2) is 18.2 Å². The van der Waals surface area contributed by atoms with Gasteiger partial charge in [0, 0.05) is 10.0 Å². The minimum Gasteiger partial charge on any atom is -0.496 e. The number of methoxy groups -OCH3 is 1. The first-order chi connectivity index (χ1) is 9.08. The molecular formula is C15H13BrO3. The summed E-state index contributed by atoms with van der Waals surface area (Å²) in [6.07, 6.45) is 1.35. The Morgan fingerprint density at radius 3 is 2.63 bits per heavy atom. The molecule has 0 bridgehead atoms. The highest BCUT2D eigenvalue weighted by atomic mass is 79.9. The van der Waals surface area contributed by atoms with E-state index in [1.807, 2.05) is 30.3 Å². The fourth-order valence-corrected chi connectivity index (χ4v) is 3.02. The Labute approximate surface area is 119 Å². The van der Waals surface area contributed by atoms with Gasteiger partial charge in [0.2, 0.25) is 0 Å². The standard InChI is InChI=1S/C15H13BrO3/c1-19-12-5-2-9-8-10(16)3-4-11(9)13(12)15(6-7-15)14(17)18/h2-5,8H,6-7H2,1H3,(H,17,18). The molecule has 1 N–H and O–H groups in total. The van der Waals surface area contributed by atoms with E-state index >= 15 is 0 Å². The second kappa shape index (κ2) is 4.23. The van der Waals surface area contributed by atoms with Crippen molar-refractivity contribution in [3.63, 3.8) is 0 Å². The average Bonchev–Trinajstić information content (AvgIpc) is 3.18. The third-order valence-corrected chi connectivity index (χ3v) is 4.29. The largest absolute Gasteiger partial charge is 0.496 e. The normalized spacial score (nSPS) is 16.3. The van der Waals surface area contributed by atoms with E-state index in [2.05, 4.69) is 15.9 Å². The highest BCUT2D eigenvalue weighted by Crippen LogP contribution is 2.54. The Morgan fingerprint density at radius 1 is 1.32 bits per heavy atom. The molecular weight excluding hydrogens is 308 g/mol. The van der Waals surface area contributed by atoms with Gasteiger partial charge in [-0.05, 0) is 41.8 Å². The quantitative estimate of drug-likeness (QED) is 0.937. The molecule has 1 fully saturated rings. The van der Waals surface area contributed by atoms with Gasteiger partial charge in [0.1, 0.15) is 5.75 Å². The molecule has 2 aromatic carbocycles. The summed E-state index contributed by atoms with van der Waals surface area (Å²) in [5.74, 6) is -0.101. The highest BCUT2D eigenvalue weighted by molar-refractivity contribution is 9.10. The number of aliphatic carboxylic acids is 1. The summed E-state index contributed by atoms with van der Waals surface area (Å²) in [6, 6.07) is 9.70. The molecule has 0 atom stereocenters. The lowest BCUT2D eigenvalue weighted by Crippen LogP contribution is -2.20. The minimum atomic E-state index is -0.765. The number of benzene rings is 2. The average molecular weight is 321 g/mol. The predicted octanol–water partition coefficient (Wildman–Crippen LogP) is 3.73. The maximum Gasteiger partial charge on any atom is 0.314 e. The molecule has 3 nitrogen and oxygen atoms in total. The fourth-order valence-electron chi connectivity index (χ4n) is 2.64. The Hall–Kier alpha value is -1.55. The first kappa shape index (κ1) is 12.5.